The minimum absolute atomic E-state index is 0.00115. The van der Waals surface area contributed by atoms with Crippen LogP contribution in [0.1, 0.15) is 12.0 Å². The van der Waals surface area contributed by atoms with Crippen molar-refractivity contribution in [3.8, 4) is 0 Å². The summed E-state index contributed by atoms with van der Waals surface area (Å²) in [7, 11) is 2.10. The smallest absolute Gasteiger partial charge is 0.286 e. The first-order chi connectivity index (χ1) is 14.2. The summed E-state index contributed by atoms with van der Waals surface area (Å²) in [5.41, 5.74) is 8.91. The molecule has 0 atom stereocenters. The fourth-order valence-corrected chi connectivity index (χ4v) is 4.60. The number of nitrogens with one attached hydrogen (secondary N) is 1. The monoisotopic (exact) mass is 405 g/mol. The SMILES string of the molecule is CN1/C(=C/c2cc[n+](CC(=O)NCCCN)c3ccccc23)Sc2ccccc21. The van der Waals surface area contributed by atoms with Crippen LogP contribution in [-0.4, -0.2) is 26.0 Å². The van der Waals surface area contributed by atoms with Crippen molar-refractivity contribution in [2.24, 2.45) is 5.73 Å². The third-order valence-electron chi connectivity index (χ3n) is 5.03. The number of aromatic nitrogens is 1. The predicted octanol–water partition coefficient (Wildman–Crippen LogP) is 3.13. The first kappa shape index (κ1) is 19.5. The molecule has 0 saturated heterocycles. The second kappa shape index (κ2) is 8.68. The van der Waals surface area contributed by atoms with Crippen LogP contribution in [0.3, 0.4) is 0 Å². The maximum Gasteiger partial charge on any atom is 0.286 e. The van der Waals surface area contributed by atoms with Gasteiger partial charge in [-0.2, -0.15) is 4.57 Å². The Bertz CT molecular complexity index is 1080. The van der Waals surface area contributed by atoms with E-state index in [2.05, 4.69) is 65.8 Å². The Kier molecular flexibility index (Phi) is 5.83. The predicted molar refractivity (Wildman–Crippen MR) is 120 cm³/mol. The molecule has 0 saturated carbocycles. The highest BCUT2D eigenvalue weighted by molar-refractivity contribution is 8.03. The van der Waals surface area contributed by atoms with Crippen LogP contribution in [0, 0.1) is 0 Å². The molecule has 6 heteroatoms. The maximum absolute atomic E-state index is 12.3. The summed E-state index contributed by atoms with van der Waals surface area (Å²) in [6, 6.07) is 18.7. The summed E-state index contributed by atoms with van der Waals surface area (Å²) in [6.07, 6.45) is 5.00. The lowest BCUT2D eigenvalue weighted by atomic mass is 10.1. The topological polar surface area (TPSA) is 62.2 Å². The Hall–Kier alpha value is -2.83. The lowest BCUT2D eigenvalue weighted by Gasteiger charge is -2.13. The zero-order valence-corrected chi connectivity index (χ0v) is 17.3. The molecule has 0 radical (unpaired) electrons. The standard InChI is InChI=1S/C23H24N4OS/c1-26-20-9-4-5-10-21(20)29-23(26)15-17-11-14-27(16-22(28)25-13-6-12-24)19-8-3-2-7-18(17)19/h2-5,7-11,14-15H,6,12-13,16,24H2,1H3/p+1. The summed E-state index contributed by atoms with van der Waals surface area (Å²) in [5.74, 6) is 0.00115. The Morgan fingerprint density at radius 3 is 2.79 bits per heavy atom. The van der Waals surface area contributed by atoms with Crippen LogP contribution in [0.25, 0.3) is 17.0 Å². The minimum Gasteiger partial charge on any atom is -0.351 e. The Balaban J connectivity index is 1.63. The number of thioether (sulfide) groups is 1. The molecule has 1 aromatic heterocycles. The number of hydrogen-bond donors (Lipinski definition) is 2. The van der Waals surface area contributed by atoms with Gasteiger partial charge in [-0.25, -0.2) is 0 Å². The van der Waals surface area contributed by atoms with Gasteiger partial charge in [0.2, 0.25) is 12.1 Å². The molecule has 29 heavy (non-hydrogen) atoms. The number of nitrogens with two attached hydrogens (primary N) is 1. The van der Waals surface area contributed by atoms with Gasteiger partial charge in [0, 0.05) is 30.6 Å². The normalized spacial score (nSPS) is 14.4. The molecular formula is C23H25N4OS+. The third-order valence-corrected chi connectivity index (χ3v) is 6.19. The molecule has 0 unspecified atom stereocenters. The van der Waals surface area contributed by atoms with Gasteiger partial charge in [-0.3, -0.25) is 4.79 Å². The average Bonchev–Trinajstić information content (AvgIpc) is 3.06. The molecule has 0 spiro atoms. The van der Waals surface area contributed by atoms with Gasteiger partial charge in [0.05, 0.1) is 16.1 Å². The highest BCUT2D eigenvalue weighted by Crippen LogP contribution is 2.45. The summed E-state index contributed by atoms with van der Waals surface area (Å²) in [6.45, 7) is 1.49. The van der Waals surface area contributed by atoms with Crippen molar-refractivity contribution in [1.82, 2.24) is 5.32 Å². The van der Waals surface area contributed by atoms with Gasteiger partial charge in [-0.05, 0) is 42.8 Å². The zero-order chi connectivity index (χ0) is 20.2. The molecule has 0 fully saturated rings. The molecule has 1 amide bonds. The maximum atomic E-state index is 12.3. The van der Waals surface area contributed by atoms with Crippen LogP contribution in [-0.2, 0) is 11.3 Å². The van der Waals surface area contributed by atoms with Crippen molar-refractivity contribution < 1.29 is 9.36 Å². The fourth-order valence-electron chi connectivity index (χ4n) is 3.49. The number of anilines is 1. The number of pyridine rings is 1. The van der Waals surface area contributed by atoms with Gasteiger partial charge in [0.1, 0.15) is 0 Å². The Morgan fingerprint density at radius 2 is 1.97 bits per heavy atom. The molecule has 3 aromatic rings. The number of hydrogen-bond acceptors (Lipinski definition) is 4. The van der Waals surface area contributed by atoms with E-state index in [1.165, 1.54) is 15.6 Å². The fraction of sp³-hybridized carbons (Fsp3) is 0.217. The van der Waals surface area contributed by atoms with E-state index in [-0.39, 0.29) is 5.91 Å². The lowest BCUT2D eigenvalue weighted by molar-refractivity contribution is -0.658. The summed E-state index contributed by atoms with van der Waals surface area (Å²) in [5, 5.41) is 5.24. The zero-order valence-electron chi connectivity index (χ0n) is 16.5. The number of carbonyl (C=O) groups is 1. The lowest BCUT2D eigenvalue weighted by Crippen LogP contribution is -2.43. The molecular weight excluding hydrogens is 380 g/mol. The van der Waals surface area contributed by atoms with E-state index in [4.69, 9.17) is 5.73 Å². The highest BCUT2D eigenvalue weighted by Gasteiger charge is 2.22. The second-order valence-electron chi connectivity index (χ2n) is 7.02. The average molecular weight is 406 g/mol. The first-order valence-corrected chi connectivity index (χ1v) is 10.6. The molecule has 2 heterocycles. The van der Waals surface area contributed by atoms with Gasteiger partial charge >= 0.3 is 0 Å². The summed E-state index contributed by atoms with van der Waals surface area (Å²) in [4.78, 5) is 15.8. The van der Waals surface area contributed by atoms with Crippen molar-refractivity contribution in [2.45, 2.75) is 17.9 Å². The van der Waals surface area contributed by atoms with Gasteiger partial charge < -0.3 is 16.0 Å². The largest absolute Gasteiger partial charge is 0.351 e. The van der Waals surface area contributed by atoms with Crippen molar-refractivity contribution in [1.29, 1.82) is 0 Å². The molecule has 0 aliphatic carbocycles. The molecule has 4 rings (SSSR count). The molecule has 5 nitrogen and oxygen atoms in total. The quantitative estimate of drug-likeness (QED) is 0.489. The van der Waals surface area contributed by atoms with Crippen LogP contribution in [0.15, 0.2) is 70.7 Å². The van der Waals surface area contributed by atoms with E-state index in [1.54, 1.807) is 11.8 Å². The van der Waals surface area contributed by atoms with Crippen molar-refractivity contribution in [3.63, 3.8) is 0 Å². The third kappa shape index (κ3) is 4.13. The molecule has 1 aliphatic heterocycles. The van der Waals surface area contributed by atoms with Crippen molar-refractivity contribution in [3.05, 3.63) is 71.4 Å². The van der Waals surface area contributed by atoms with Gasteiger partial charge in [0.15, 0.2) is 6.20 Å². The van der Waals surface area contributed by atoms with E-state index >= 15 is 0 Å². The van der Waals surface area contributed by atoms with Crippen LogP contribution >= 0.6 is 11.8 Å². The number of benzene rings is 2. The number of fused-ring (bicyclic) bond motifs is 2. The second-order valence-corrected chi connectivity index (χ2v) is 8.08. The van der Waals surface area contributed by atoms with Crippen LogP contribution in [0.5, 0.6) is 0 Å². The molecule has 148 valence electrons. The first-order valence-electron chi connectivity index (χ1n) is 9.77. The molecule has 3 N–H and O–H groups in total. The molecule has 0 bridgehead atoms. The van der Waals surface area contributed by atoms with E-state index in [0.29, 0.717) is 19.6 Å². The number of nitrogens with zero attached hydrogens (tertiary/aromatic N) is 2. The number of amides is 1. The molecule has 2 aromatic carbocycles. The minimum atomic E-state index is 0.00115. The van der Waals surface area contributed by atoms with Crippen molar-refractivity contribution in [2.75, 3.05) is 25.0 Å². The van der Waals surface area contributed by atoms with Gasteiger partial charge in [0.25, 0.3) is 5.91 Å². The Morgan fingerprint density at radius 1 is 1.17 bits per heavy atom. The molecule has 1 aliphatic rings. The van der Waals surface area contributed by atoms with Crippen molar-refractivity contribution >= 4 is 40.3 Å². The summed E-state index contributed by atoms with van der Waals surface area (Å²) < 4.78 is 2.00. The number of rotatable bonds is 6. The van der Waals surface area contributed by atoms with Gasteiger partial charge in [-0.15, -0.1) is 0 Å². The van der Waals surface area contributed by atoms with E-state index in [9.17, 15) is 4.79 Å². The number of carbonyl (C=O) groups excluding carboxylic acids is 1. The summed E-state index contributed by atoms with van der Waals surface area (Å²) >= 11 is 1.78. The van der Waals surface area contributed by atoms with Crippen LogP contribution in [0.4, 0.5) is 5.69 Å². The van der Waals surface area contributed by atoms with E-state index < -0.39 is 0 Å². The Labute approximate surface area is 175 Å². The van der Waals surface area contributed by atoms with Crippen LogP contribution in [0.2, 0.25) is 0 Å². The van der Waals surface area contributed by atoms with Gasteiger partial charge in [-0.1, -0.05) is 36.0 Å². The van der Waals surface area contributed by atoms with E-state index in [1.807, 2.05) is 22.9 Å². The van der Waals surface area contributed by atoms with E-state index in [0.717, 1.165) is 22.9 Å². The highest BCUT2D eigenvalue weighted by atomic mass is 32.2. The van der Waals surface area contributed by atoms with Crippen LogP contribution < -0.4 is 20.5 Å². The number of para-hydroxylation sites is 2.